The van der Waals surface area contributed by atoms with Crippen LogP contribution in [0.3, 0.4) is 0 Å². The van der Waals surface area contributed by atoms with Gasteiger partial charge in [-0.1, -0.05) is 30.3 Å². The number of anilines is 1. The molecular formula is C23H33IN4O. The van der Waals surface area contributed by atoms with Crippen molar-refractivity contribution in [2.75, 3.05) is 18.4 Å². The van der Waals surface area contributed by atoms with Crippen molar-refractivity contribution in [3.63, 3.8) is 0 Å². The molecule has 1 aliphatic rings. The van der Waals surface area contributed by atoms with E-state index in [0.717, 1.165) is 30.9 Å². The van der Waals surface area contributed by atoms with Crippen LogP contribution in [0.1, 0.15) is 36.1 Å². The first-order valence-electron chi connectivity index (χ1n) is 9.98. The number of ether oxygens (including phenoxy) is 1. The van der Waals surface area contributed by atoms with Crippen molar-refractivity contribution in [3.8, 4) is 0 Å². The number of aryl methyl sites for hydroxylation is 2. The number of hydrogen-bond acceptors (Lipinski definition) is 3. The highest BCUT2D eigenvalue weighted by Gasteiger charge is 2.21. The number of nitrogens with zero attached hydrogens (tertiary/aromatic N) is 2. The van der Waals surface area contributed by atoms with Crippen LogP contribution in [0, 0.1) is 13.8 Å². The van der Waals surface area contributed by atoms with E-state index in [1.54, 1.807) is 0 Å². The Labute approximate surface area is 191 Å². The topological polar surface area (TPSA) is 62.9 Å². The molecule has 0 aromatic heterocycles. The molecule has 5 nitrogen and oxygen atoms in total. The SMILES string of the molecule is Cc1cc(C)cc(NC(N)=NCc2ccc(CN3CC(C)OC(C)C3)cc2)c1.I. The average molecular weight is 508 g/mol. The standard InChI is InChI=1S/C23H32N4O.HI/c1-16-9-17(2)11-22(10-16)26-23(24)25-12-20-5-7-21(8-6-20)15-27-13-18(3)28-19(4)14-27;/h5-11,18-19H,12-15H2,1-4H3,(H3,24,25,26);1H. The molecule has 0 amide bonds. The highest BCUT2D eigenvalue weighted by atomic mass is 127. The van der Waals surface area contributed by atoms with Gasteiger partial charge in [-0.3, -0.25) is 4.90 Å². The zero-order valence-electron chi connectivity index (χ0n) is 17.8. The number of rotatable bonds is 5. The Bertz CT molecular complexity index is 792. The summed E-state index contributed by atoms with van der Waals surface area (Å²) < 4.78 is 5.81. The molecule has 0 saturated carbocycles. The molecule has 3 N–H and O–H groups in total. The number of halogens is 1. The van der Waals surface area contributed by atoms with Gasteiger partial charge in [0.25, 0.3) is 0 Å². The van der Waals surface area contributed by atoms with Crippen LogP contribution in [-0.4, -0.2) is 36.2 Å². The van der Waals surface area contributed by atoms with Gasteiger partial charge in [0.1, 0.15) is 0 Å². The molecule has 0 radical (unpaired) electrons. The molecule has 1 fully saturated rings. The molecule has 1 aliphatic heterocycles. The Kier molecular flexibility index (Phi) is 8.92. The van der Waals surface area contributed by atoms with E-state index >= 15 is 0 Å². The maximum absolute atomic E-state index is 6.05. The van der Waals surface area contributed by atoms with E-state index in [1.165, 1.54) is 16.7 Å². The number of aliphatic imine (C=N–C) groups is 1. The molecule has 2 aromatic carbocycles. The minimum absolute atomic E-state index is 0. The van der Waals surface area contributed by atoms with Crippen LogP contribution >= 0.6 is 24.0 Å². The first kappa shape index (κ1) is 23.6. The van der Waals surface area contributed by atoms with Crippen molar-refractivity contribution in [2.24, 2.45) is 10.7 Å². The largest absolute Gasteiger partial charge is 0.373 e. The van der Waals surface area contributed by atoms with Crippen LogP contribution in [0.4, 0.5) is 5.69 Å². The second kappa shape index (κ2) is 10.9. The van der Waals surface area contributed by atoms with Gasteiger partial charge in [0.2, 0.25) is 0 Å². The lowest BCUT2D eigenvalue weighted by Crippen LogP contribution is -2.44. The monoisotopic (exact) mass is 508 g/mol. The molecule has 6 heteroatoms. The molecular weight excluding hydrogens is 475 g/mol. The van der Waals surface area contributed by atoms with E-state index in [9.17, 15) is 0 Å². The Morgan fingerprint density at radius 1 is 1.03 bits per heavy atom. The third-order valence-corrected chi connectivity index (χ3v) is 4.85. The van der Waals surface area contributed by atoms with Crippen molar-refractivity contribution in [1.29, 1.82) is 0 Å². The highest BCUT2D eigenvalue weighted by Crippen LogP contribution is 2.16. The molecule has 1 heterocycles. The molecule has 0 aliphatic carbocycles. The van der Waals surface area contributed by atoms with Gasteiger partial charge >= 0.3 is 0 Å². The fraction of sp³-hybridized carbons (Fsp3) is 0.435. The highest BCUT2D eigenvalue weighted by molar-refractivity contribution is 14.0. The summed E-state index contributed by atoms with van der Waals surface area (Å²) in [4.78, 5) is 6.93. The van der Waals surface area contributed by atoms with E-state index in [-0.39, 0.29) is 24.0 Å². The lowest BCUT2D eigenvalue weighted by Gasteiger charge is -2.35. The molecule has 29 heavy (non-hydrogen) atoms. The van der Waals surface area contributed by atoms with Crippen molar-refractivity contribution in [2.45, 2.75) is 53.0 Å². The Morgan fingerprint density at radius 2 is 1.59 bits per heavy atom. The minimum atomic E-state index is 0. The number of nitrogens with one attached hydrogen (secondary N) is 1. The second-order valence-corrected chi connectivity index (χ2v) is 7.97. The summed E-state index contributed by atoms with van der Waals surface area (Å²) in [6.45, 7) is 11.9. The Balaban J connectivity index is 0.00000300. The molecule has 3 rings (SSSR count). The molecule has 0 spiro atoms. The normalized spacial score (nSPS) is 20.2. The summed E-state index contributed by atoms with van der Waals surface area (Å²) >= 11 is 0. The maximum atomic E-state index is 6.05. The van der Waals surface area contributed by atoms with Crippen LogP contribution < -0.4 is 11.1 Å². The van der Waals surface area contributed by atoms with Crippen LogP contribution in [0.15, 0.2) is 47.5 Å². The van der Waals surface area contributed by atoms with Gasteiger partial charge in [-0.05, 0) is 62.1 Å². The van der Waals surface area contributed by atoms with Crippen molar-refractivity contribution in [3.05, 3.63) is 64.7 Å². The Hall–Kier alpha value is -1.64. The zero-order chi connectivity index (χ0) is 20.1. The fourth-order valence-corrected chi connectivity index (χ4v) is 3.83. The van der Waals surface area contributed by atoms with Crippen LogP contribution in [-0.2, 0) is 17.8 Å². The summed E-state index contributed by atoms with van der Waals surface area (Å²) in [5.74, 6) is 0.436. The number of benzene rings is 2. The summed E-state index contributed by atoms with van der Waals surface area (Å²) in [7, 11) is 0. The molecule has 0 bridgehead atoms. The van der Waals surface area contributed by atoms with Crippen molar-refractivity contribution >= 4 is 35.6 Å². The minimum Gasteiger partial charge on any atom is -0.373 e. The molecule has 2 atom stereocenters. The van der Waals surface area contributed by atoms with Gasteiger partial charge in [-0.2, -0.15) is 0 Å². The van der Waals surface area contributed by atoms with Crippen molar-refractivity contribution < 1.29 is 4.74 Å². The third kappa shape index (κ3) is 7.60. The number of guanidine groups is 1. The third-order valence-electron chi connectivity index (χ3n) is 4.85. The lowest BCUT2D eigenvalue weighted by atomic mass is 10.1. The van der Waals surface area contributed by atoms with Crippen LogP contribution in [0.2, 0.25) is 0 Å². The van der Waals surface area contributed by atoms with E-state index in [4.69, 9.17) is 10.5 Å². The molecule has 2 aromatic rings. The number of nitrogens with two attached hydrogens (primary N) is 1. The first-order valence-corrected chi connectivity index (χ1v) is 9.98. The smallest absolute Gasteiger partial charge is 0.193 e. The second-order valence-electron chi connectivity index (χ2n) is 7.97. The predicted molar refractivity (Wildman–Crippen MR) is 132 cm³/mol. The number of morpholine rings is 1. The Morgan fingerprint density at radius 3 is 2.17 bits per heavy atom. The van der Waals surface area contributed by atoms with Crippen molar-refractivity contribution in [1.82, 2.24) is 4.90 Å². The average Bonchev–Trinajstić information content (AvgIpc) is 2.59. The predicted octanol–water partition coefficient (Wildman–Crippen LogP) is 4.46. The quantitative estimate of drug-likeness (QED) is 0.356. The van der Waals surface area contributed by atoms with Gasteiger partial charge < -0.3 is 15.8 Å². The van der Waals surface area contributed by atoms with Gasteiger partial charge in [0.15, 0.2) is 5.96 Å². The summed E-state index contributed by atoms with van der Waals surface area (Å²) in [6.07, 6.45) is 0.593. The maximum Gasteiger partial charge on any atom is 0.193 e. The van der Waals surface area contributed by atoms with Gasteiger partial charge in [-0.25, -0.2) is 4.99 Å². The van der Waals surface area contributed by atoms with Gasteiger partial charge in [0, 0.05) is 25.3 Å². The van der Waals surface area contributed by atoms with Gasteiger partial charge in [-0.15, -0.1) is 24.0 Å². The summed E-state index contributed by atoms with van der Waals surface area (Å²) in [5.41, 5.74) is 11.9. The number of hydrogen-bond donors (Lipinski definition) is 2. The van der Waals surface area contributed by atoms with E-state index in [2.05, 4.69) is 85.4 Å². The lowest BCUT2D eigenvalue weighted by molar-refractivity contribution is -0.0704. The van der Waals surface area contributed by atoms with E-state index in [0.29, 0.717) is 24.7 Å². The fourth-order valence-electron chi connectivity index (χ4n) is 3.83. The molecule has 2 unspecified atom stereocenters. The van der Waals surface area contributed by atoms with E-state index < -0.39 is 0 Å². The summed E-state index contributed by atoms with van der Waals surface area (Å²) in [6, 6.07) is 14.9. The van der Waals surface area contributed by atoms with E-state index in [1.807, 2.05) is 0 Å². The van der Waals surface area contributed by atoms with Gasteiger partial charge in [0.05, 0.1) is 18.8 Å². The van der Waals surface area contributed by atoms with Crippen LogP contribution in [0.25, 0.3) is 0 Å². The van der Waals surface area contributed by atoms with Crippen LogP contribution in [0.5, 0.6) is 0 Å². The molecule has 1 saturated heterocycles. The molecule has 158 valence electrons. The summed E-state index contributed by atoms with van der Waals surface area (Å²) in [5, 5.41) is 3.18. The zero-order valence-corrected chi connectivity index (χ0v) is 20.1. The first-order chi connectivity index (χ1) is 13.4.